The number of hydrogen-bond donors (Lipinski definition) is 1. The summed E-state index contributed by atoms with van der Waals surface area (Å²) in [5, 5.41) is 3.92. The maximum absolute atomic E-state index is 12.3. The van der Waals surface area contributed by atoms with Gasteiger partial charge in [-0.05, 0) is 55.8 Å². The molecule has 4 rings (SSSR count). The Kier molecular flexibility index (Phi) is 4.69. The van der Waals surface area contributed by atoms with Crippen LogP contribution in [0.5, 0.6) is 17.2 Å². The lowest BCUT2D eigenvalue weighted by Gasteiger charge is -2.10. The van der Waals surface area contributed by atoms with Crippen LogP contribution < -0.4 is 19.5 Å². The topological polar surface area (TPSA) is 69.9 Å². The van der Waals surface area contributed by atoms with E-state index in [0.717, 1.165) is 33.6 Å². The van der Waals surface area contributed by atoms with E-state index >= 15 is 0 Å². The summed E-state index contributed by atoms with van der Waals surface area (Å²) in [6.45, 7) is 4.10. The molecule has 0 fully saturated rings. The average Bonchev–Trinajstić information content (AvgIpc) is 3.30. The number of aryl methyl sites for hydroxylation is 1. The Morgan fingerprint density at radius 3 is 2.82 bits per heavy atom. The zero-order valence-corrected chi connectivity index (χ0v) is 15.9. The Bertz CT molecular complexity index is 1070. The highest BCUT2D eigenvalue weighted by atomic mass is 16.7. The Hall–Kier alpha value is -3.41. The summed E-state index contributed by atoms with van der Waals surface area (Å²) in [7, 11) is 1.63. The van der Waals surface area contributed by atoms with E-state index in [1.807, 2.05) is 50.2 Å². The molecule has 0 saturated carbocycles. The summed E-state index contributed by atoms with van der Waals surface area (Å²) in [6, 6.07) is 10.9. The lowest BCUT2D eigenvalue weighted by atomic mass is 10.1. The van der Waals surface area contributed by atoms with Gasteiger partial charge in [-0.15, -0.1) is 0 Å². The number of carbonyl (C=O) groups is 1. The SMILES string of the molecule is COc1ccc2oc(C(C)NC(=O)/C=C/c3ccc4c(c3)OCO4)c(C)c2c1. The van der Waals surface area contributed by atoms with E-state index in [4.69, 9.17) is 18.6 Å². The van der Waals surface area contributed by atoms with Crippen LogP contribution in [0.1, 0.15) is 29.9 Å². The number of benzene rings is 2. The van der Waals surface area contributed by atoms with E-state index in [-0.39, 0.29) is 18.7 Å². The molecule has 1 aliphatic heterocycles. The number of methoxy groups -OCH3 is 1. The predicted molar refractivity (Wildman–Crippen MR) is 106 cm³/mol. The zero-order valence-electron chi connectivity index (χ0n) is 15.9. The van der Waals surface area contributed by atoms with Crippen molar-refractivity contribution in [2.75, 3.05) is 13.9 Å². The predicted octanol–water partition coefficient (Wildman–Crippen LogP) is 4.37. The molecule has 1 unspecified atom stereocenters. The van der Waals surface area contributed by atoms with Gasteiger partial charge in [0.25, 0.3) is 0 Å². The normalized spacial score (nSPS) is 13.8. The zero-order chi connectivity index (χ0) is 19.7. The number of amides is 1. The molecule has 0 spiro atoms. The molecule has 1 atom stereocenters. The number of fused-ring (bicyclic) bond motifs is 2. The number of ether oxygens (including phenoxy) is 3. The van der Waals surface area contributed by atoms with Crippen molar-refractivity contribution in [3.63, 3.8) is 0 Å². The third kappa shape index (κ3) is 3.41. The highest BCUT2D eigenvalue weighted by Crippen LogP contribution is 2.33. The molecule has 0 aliphatic carbocycles. The van der Waals surface area contributed by atoms with Crippen molar-refractivity contribution in [3.05, 3.63) is 59.4 Å². The molecule has 0 radical (unpaired) electrons. The molecule has 6 heteroatoms. The molecule has 1 amide bonds. The minimum Gasteiger partial charge on any atom is -0.497 e. The maximum atomic E-state index is 12.3. The quantitative estimate of drug-likeness (QED) is 0.667. The van der Waals surface area contributed by atoms with Gasteiger partial charge in [0, 0.05) is 17.0 Å². The molecule has 3 aromatic rings. The molecule has 1 aliphatic rings. The van der Waals surface area contributed by atoms with E-state index in [1.54, 1.807) is 13.2 Å². The van der Waals surface area contributed by atoms with E-state index in [2.05, 4.69) is 5.32 Å². The van der Waals surface area contributed by atoms with Gasteiger partial charge in [0.1, 0.15) is 17.1 Å². The third-order valence-corrected chi connectivity index (χ3v) is 4.76. The molecule has 0 bridgehead atoms. The van der Waals surface area contributed by atoms with Crippen LogP contribution in [0.25, 0.3) is 17.0 Å². The van der Waals surface area contributed by atoms with Crippen LogP contribution in [0.15, 0.2) is 46.9 Å². The second-order valence-electron chi connectivity index (χ2n) is 6.63. The molecule has 144 valence electrons. The lowest BCUT2D eigenvalue weighted by Crippen LogP contribution is -2.24. The van der Waals surface area contributed by atoms with E-state index in [1.165, 1.54) is 6.08 Å². The van der Waals surface area contributed by atoms with Crippen molar-refractivity contribution in [1.82, 2.24) is 5.32 Å². The van der Waals surface area contributed by atoms with E-state index < -0.39 is 0 Å². The maximum Gasteiger partial charge on any atom is 0.244 e. The number of rotatable bonds is 5. The first-order valence-corrected chi connectivity index (χ1v) is 9.00. The highest BCUT2D eigenvalue weighted by molar-refractivity contribution is 5.92. The van der Waals surface area contributed by atoms with Gasteiger partial charge < -0.3 is 23.9 Å². The summed E-state index contributed by atoms with van der Waals surface area (Å²) >= 11 is 0. The molecule has 2 heterocycles. The summed E-state index contributed by atoms with van der Waals surface area (Å²) in [4.78, 5) is 12.3. The molecule has 2 aromatic carbocycles. The van der Waals surface area contributed by atoms with Crippen LogP contribution in [0, 0.1) is 6.92 Å². The first kappa shape index (κ1) is 18.0. The fraction of sp³-hybridized carbons (Fsp3) is 0.227. The molecule has 1 aromatic heterocycles. The van der Waals surface area contributed by atoms with Gasteiger partial charge in [-0.1, -0.05) is 6.07 Å². The average molecular weight is 379 g/mol. The summed E-state index contributed by atoms with van der Waals surface area (Å²) in [6.07, 6.45) is 3.23. The lowest BCUT2D eigenvalue weighted by molar-refractivity contribution is -0.117. The van der Waals surface area contributed by atoms with Crippen molar-refractivity contribution < 1.29 is 23.4 Å². The number of hydrogen-bond acceptors (Lipinski definition) is 5. The van der Waals surface area contributed by atoms with Gasteiger partial charge in [0.2, 0.25) is 12.7 Å². The molecular weight excluding hydrogens is 358 g/mol. The monoisotopic (exact) mass is 379 g/mol. The van der Waals surface area contributed by atoms with Crippen molar-refractivity contribution >= 4 is 23.0 Å². The van der Waals surface area contributed by atoms with Gasteiger partial charge in [-0.25, -0.2) is 0 Å². The van der Waals surface area contributed by atoms with Gasteiger partial charge in [-0.3, -0.25) is 4.79 Å². The van der Waals surface area contributed by atoms with Crippen LogP contribution in [-0.2, 0) is 4.79 Å². The van der Waals surface area contributed by atoms with Crippen LogP contribution in [0.2, 0.25) is 0 Å². The summed E-state index contributed by atoms with van der Waals surface area (Å²) in [5.41, 5.74) is 2.62. The molecule has 1 N–H and O–H groups in total. The minimum absolute atomic E-state index is 0.206. The van der Waals surface area contributed by atoms with Gasteiger partial charge in [-0.2, -0.15) is 0 Å². The van der Waals surface area contributed by atoms with Gasteiger partial charge in [0.05, 0.1) is 13.2 Å². The molecule has 6 nitrogen and oxygen atoms in total. The minimum atomic E-state index is -0.271. The van der Waals surface area contributed by atoms with Crippen molar-refractivity contribution in [3.8, 4) is 17.2 Å². The number of furan rings is 1. The van der Waals surface area contributed by atoms with Crippen LogP contribution in [-0.4, -0.2) is 19.8 Å². The third-order valence-electron chi connectivity index (χ3n) is 4.76. The van der Waals surface area contributed by atoms with Crippen LogP contribution in [0.3, 0.4) is 0 Å². The van der Waals surface area contributed by atoms with Gasteiger partial charge in [0.15, 0.2) is 11.5 Å². The summed E-state index contributed by atoms with van der Waals surface area (Å²) < 4.78 is 21.9. The van der Waals surface area contributed by atoms with Crippen LogP contribution >= 0.6 is 0 Å². The first-order valence-electron chi connectivity index (χ1n) is 9.00. The fourth-order valence-electron chi connectivity index (χ4n) is 3.27. The van der Waals surface area contributed by atoms with Crippen molar-refractivity contribution in [2.24, 2.45) is 0 Å². The van der Waals surface area contributed by atoms with Crippen molar-refractivity contribution in [1.29, 1.82) is 0 Å². The number of nitrogens with one attached hydrogen (secondary N) is 1. The van der Waals surface area contributed by atoms with Gasteiger partial charge >= 0.3 is 0 Å². The number of carbonyl (C=O) groups excluding carboxylic acids is 1. The van der Waals surface area contributed by atoms with Crippen molar-refractivity contribution in [2.45, 2.75) is 19.9 Å². The fourth-order valence-corrected chi connectivity index (χ4v) is 3.27. The van der Waals surface area contributed by atoms with E-state index in [0.29, 0.717) is 11.5 Å². The van der Waals surface area contributed by atoms with Crippen LogP contribution in [0.4, 0.5) is 0 Å². The first-order chi connectivity index (χ1) is 13.5. The second-order valence-corrected chi connectivity index (χ2v) is 6.63. The standard InChI is InChI=1S/C22H21NO5/c1-13-17-11-16(25-3)6-8-18(17)28-22(13)14(2)23-21(24)9-5-15-4-7-19-20(10-15)27-12-26-19/h4-11,14H,12H2,1-3H3,(H,23,24)/b9-5+. The Balaban J connectivity index is 1.47. The summed E-state index contributed by atoms with van der Waals surface area (Å²) in [5.74, 6) is 2.69. The largest absolute Gasteiger partial charge is 0.497 e. The molecule has 28 heavy (non-hydrogen) atoms. The Morgan fingerprint density at radius 2 is 2.00 bits per heavy atom. The Labute approximate surface area is 162 Å². The molecular formula is C22H21NO5. The molecule has 0 saturated heterocycles. The highest BCUT2D eigenvalue weighted by Gasteiger charge is 2.18. The van der Waals surface area contributed by atoms with E-state index in [9.17, 15) is 4.79 Å². The Morgan fingerprint density at radius 1 is 1.18 bits per heavy atom. The smallest absolute Gasteiger partial charge is 0.244 e. The second kappa shape index (κ2) is 7.31.